The SMILES string of the molecule is O=C(O)c1cc(Br)cnc1Nc1ccc(Br)cc1F. The van der Waals surface area contributed by atoms with Crippen LogP contribution in [0.1, 0.15) is 10.4 Å². The molecule has 0 aliphatic heterocycles. The Hall–Kier alpha value is -1.47. The fraction of sp³-hybridized carbons (Fsp3) is 0. The summed E-state index contributed by atoms with van der Waals surface area (Å²) in [6.45, 7) is 0. The molecule has 0 spiro atoms. The van der Waals surface area contributed by atoms with Gasteiger partial charge in [0.2, 0.25) is 0 Å². The van der Waals surface area contributed by atoms with Crippen molar-refractivity contribution in [2.45, 2.75) is 0 Å². The molecule has 0 radical (unpaired) electrons. The van der Waals surface area contributed by atoms with Crippen LogP contribution in [0.5, 0.6) is 0 Å². The van der Waals surface area contributed by atoms with Gasteiger partial charge in [-0.2, -0.15) is 0 Å². The lowest BCUT2D eigenvalue weighted by molar-refractivity contribution is 0.0697. The number of rotatable bonds is 3. The van der Waals surface area contributed by atoms with E-state index in [0.29, 0.717) is 8.95 Å². The van der Waals surface area contributed by atoms with Crippen molar-refractivity contribution in [1.29, 1.82) is 0 Å². The lowest BCUT2D eigenvalue weighted by Crippen LogP contribution is -2.05. The van der Waals surface area contributed by atoms with E-state index in [9.17, 15) is 9.18 Å². The molecule has 0 aliphatic rings. The molecular formula is C12H7Br2FN2O2. The normalized spacial score (nSPS) is 10.3. The van der Waals surface area contributed by atoms with Crippen molar-refractivity contribution in [3.63, 3.8) is 0 Å². The van der Waals surface area contributed by atoms with Gasteiger partial charge in [0.25, 0.3) is 0 Å². The van der Waals surface area contributed by atoms with E-state index in [1.165, 1.54) is 24.4 Å². The number of anilines is 2. The van der Waals surface area contributed by atoms with Crippen LogP contribution < -0.4 is 5.32 Å². The molecule has 98 valence electrons. The highest BCUT2D eigenvalue weighted by Gasteiger charge is 2.13. The molecule has 19 heavy (non-hydrogen) atoms. The van der Waals surface area contributed by atoms with Crippen molar-refractivity contribution in [2.24, 2.45) is 0 Å². The van der Waals surface area contributed by atoms with E-state index in [0.717, 1.165) is 0 Å². The van der Waals surface area contributed by atoms with Gasteiger partial charge < -0.3 is 10.4 Å². The van der Waals surface area contributed by atoms with Crippen molar-refractivity contribution in [3.05, 3.63) is 50.8 Å². The van der Waals surface area contributed by atoms with Crippen LogP contribution in [0.3, 0.4) is 0 Å². The summed E-state index contributed by atoms with van der Waals surface area (Å²) in [5.41, 5.74) is 0.109. The van der Waals surface area contributed by atoms with Crippen LogP contribution in [0.25, 0.3) is 0 Å². The van der Waals surface area contributed by atoms with Gasteiger partial charge in [0.05, 0.1) is 5.69 Å². The van der Waals surface area contributed by atoms with Crippen molar-refractivity contribution < 1.29 is 14.3 Å². The van der Waals surface area contributed by atoms with E-state index in [-0.39, 0.29) is 17.1 Å². The summed E-state index contributed by atoms with van der Waals surface area (Å²) in [6, 6.07) is 5.82. The Bertz CT molecular complexity index is 650. The van der Waals surface area contributed by atoms with E-state index in [2.05, 4.69) is 42.2 Å². The molecule has 0 unspecified atom stereocenters. The van der Waals surface area contributed by atoms with E-state index in [1.54, 1.807) is 6.07 Å². The number of nitrogens with one attached hydrogen (secondary N) is 1. The molecule has 0 amide bonds. The third-order valence-electron chi connectivity index (χ3n) is 2.27. The molecule has 7 heteroatoms. The predicted octanol–water partition coefficient (Wildman–Crippen LogP) is 4.19. The standard InChI is InChI=1S/C12H7Br2FN2O2/c13-6-1-2-10(9(15)4-6)17-11-8(12(18)19)3-7(14)5-16-11/h1-5H,(H,16,17)(H,18,19). The second-order valence-electron chi connectivity index (χ2n) is 3.60. The predicted molar refractivity (Wildman–Crippen MR) is 76.3 cm³/mol. The summed E-state index contributed by atoms with van der Waals surface area (Å²) in [5.74, 6) is -1.57. The number of pyridine rings is 1. The Morgan fingerprint density at radius 2 is 2.00 bits per heavy atom. The smallest absolute Gasteiger partial charge is 0.339 e. The fourth-order valence-electron chi connectivity index (χ4n) is 1.42. The number of halogens is 3. The highest BCUT2D eigenvalue weighted by Crippen LogP contribution is 2.25. The number of carbonyl (C=O) groups is 1. The van der Waals surface area contributed by atoms with Crippen LogP contribution in [0.15, 0.2) is 39.4 Å². The van der Waals surface area contributed by atoms with E-state index in [4.69, 9.17) is 5.11 Å². The Balaban J connectivity index is 2.40. The third-order valence-corrected chi connectivity index (χ3v) is 3.20. The number of aromatic carboxylic acids is 1. The van der Waals surface area contributed by atoms with Gasteiger partial charge in [-0.3, -0.25) is 0 Å². The molecule has 2 rings (SSSR count). The highest BCUT2D eigenvalue weighted by atomic mass is 79.9. The number of hydrogen-bond acceptors (Lipinski definition) is 3. The van der Waals surface area contributed by atoms with Crippen LogP contribution >= 0.6 is 31.9 Å². The number of hydrogen-bond donors (Lipinski definition) is 2. The van der Waals surface area contributed by atoms with Crippen LogP contribution in [0.4, 0.5) is 15.9 Å². The van der Waals surface area contributed by atoms with Gasteiger partial charge in [-0.15, -0.1) is 0 Å². The quantitative estimate of drug-likeness (QED) is 0.826. The minimum Gasteiger partial charge on any atom is -0.478 e. The summed E-state index contributed by atoms with van der Waals surface area (Å²) < 4.78 is 14.8. The lowest BCUT2D eigenvalue weighted by atomic mass is 10.2. The summed E-state index contributed by atoms with van der Waals surface area (Å²) >= 11 is 6.29. The molecule has 1 aromatic carbocycles. The first kappa shape index (κ1) is 14.0. The number of carboxylic acids is 1. The minimum absolute atomic E-state index is 0.0447. The van der Waals surface area contributed by atoms with E-state index in [1.807, 2.05) is 0 Å². The molecule has 0 bridgehead atoms. The van der Waals surface area contributed by atoms with Crippen LogP contribution in [-0.2, 0) is 0 Å². The molecule has 2 aromatic rings. The van der Waals surface area contributed by atoms with Crippen molar-refractivity contribution >= 4 is 49.3 Å². The zero-order valence-electron chi connectivity index (χ0n) is 9.32. The highest BCUT2D eigenvalue weighted by molar-refractivity contribution is 9.10. The first-order chi connectivity index (χ1) is 8.97. The third kappa shape index (κ3) is 3.30. The first-order valence-corrected chi connectivity index (χ1v) is 6.67. The first-order valence-electron chi connectivity index (χ1n) is 5.08. The van der Waals surface area contributed by atoms with Crippen LogP contribution in [0, 0.1) is 5.82 Å². The van der Waals surface area contributed by atoms with E-state index < -0.39 is 11.8 Å². The maximum absolute atomic E-state index is 13.7. The average molecular weight is 390 g/mol. The maximum atomic E-state index is 13.7. The molecule has 1 aromatic heterocycles. The second kappa shape index (κ2) is 5.66. The summed E-state index contributed by atoms with van der Waals surface area (Å²) in [6.07, 6.45) is 1.44. The summed E-state index contributed by atoms with van der Waals surface area (Å²) in [4.78, 5) is 15.0. The maximum Gasteiger partial charge on any atom is 0.339 e. The molecular weight excluding hydrogens is 383 g/mol. The van der Waals surface area contributed by atoms with Gasteiger partial charge in [0, 0.05) is 15.1 Å². The van der Waals surface area contributed by atoms with Gasteiger partial charge in [-0.1, -0.05) is 15.9 Å². The largest absolute Gasteiger partial charge is 0.478 e. The average Bonchev–Trinajstić information content (AvgIpc) is 2.34. The van der Waals surface area contributed by atoms with Gasteiger partial charge in [-0.25, -0.2) is 14.2 Å². The number of nitrogens with zero attached hydrogens (tertiary/aromatic N) is 1. The van der Waals surface area contributed by atoms with Crippen molar-refractivity contribution in [1.82, 2.24) is 4.98 Å². The van der Waals surface area contributed by atoms with Crippen molar-refractivity contribution in [3.8, 4) is 0 Å². The Morgan fingerprint density at radius 3 is 2.63 bits per heavy atom. The molecule has 0 saturated carbocycles. The number of benzene rings is 1. The van der Waals surface area contributed by atoms with Gasteiger partial charge in [0.1, 0.15) is 17.2 Å². The molecule has 2 N–H and O–H groups in total. The van der Waals surface area contributed by atoms with Gasteiger partial charge in [0.15, 0.2) is 0 Å². The topological polar surface area (TPSA) is 62.2 Å². The van der Waals surface area contributed by atoms with Gasteiger partial charge >= 0.3 is 5.97 Å². The molecule has 0 saturated heterocycles. The van der Waals surface area contributed by atoms with Gasteiger partial charge in [-0.05, 0) is 40.2 Å². The molecule has 0 fully saturated rings. The zero-order valence-corrected chi connectivity index (χ0v) is 12.5. The lowest BCUT2D eigenvalue weighted by Gasteiger charge is -2.09. The van der Waals surface area contributed by atoms with Crippen LogP contribution in [0.2, 0.25) is 0 Å². The monoisotopic (exact) mass is 388 g/mol. The molecule has 0 atom stereocenters. The summed E-state index contributed by atoms with van der Waals surface area (Å²) in [7, 11) is 0. The Morgan fingerprint density at radius 1 is 1.26 bits per heavy atom. The summed E-state index contributed by atoms with van der Waals surface area (Å²) in [5, 5.41) is 11.7. The van der Waals surface area contributed by atoms with Crippen molar-refractivity contribution in [2.75, 3.05) is 5.32 Å². The molecule has 1 heterocycles. The van der Waals surface area contributed by atoms with Crippen LogP contribution in [-0.4, -0.2) is 16.1 Å². The number of aromatic nitrogens is 1. The minimum atomic E-state index is -1.14. The Kier molecular flexibility index (Phi) is 4.16. The number of carboxylic acid groups (broad SMARTS) is 1. The van der Waals surface area contributed by atoms with E-state index >= 15 is 0 Å². The fourth-order valence-corrected chi connectivity index (χ4v) is 2.08. The molecule has 4 nitrogen and oxygen atoms in total. The zero-order chi connectivity index (χ0) is 14.0. The molecule has 0 aliphatic carbocycles. The Labute approximate surface area is 124 Å². The second-order valence-corrected chi connectivity index (χ2v) is 5.44.